The molecule has 0 atom stereocenters. The summed E-state index contributed by atoms with van der Waals surface area (Å²) in [6.45, 7) is 7.79. The average molecular weight is 435 g/mol. The summed E-state index contributed by atoms with van der Waals surface area (Å²) in [6.07, 6.45) is 0. The van der Waals surface area contributed by atoms with Gasteiger partial charge in [-0.2, -0.15) is 0 Å². The van der Waals surface area contributed by atoms with Gasteiger partial charge in [-0.05, 0) is 81.3 Å². The van der Waals surface area contributed by atoms with Crippen LogP contribution < -0.4 is 10.1 Å². The van der Waals surface area contributed by atoms with Gasteiger partial charge in [-0.15, -0.1) is 0 Å². The summed E-state index contributed by atoms with van der Waals surface area (Å²) >= 11 is 6.18. The van der Waals surface area contributed by atoms with Gasteiger partial charge in [-0.1, -0.05) is 28.8 Å². The molecular formula is C25H23ClN2O3. The van der Waals surface area contributed by atoms with E-state index in [4.69, 9.17) is 20.8 Å². The molecule has 158 valence electrons. The van der Waals surface area contributed by atoms with E-state index < -0.39 is 0 Å². The Kier molecular flexibility index (Phi) is 5.70. The molecule has 0 spiro atoms. The number of hydrogen-bond acceptors (Lipinski definition) is 4. The van der Waals surface area contributed by atoms with Crippen molar-refractivity contribution in [2.75, 3.05) is 11.9 Å². The Labute approximate surface area is 186 Å². The molecule has 4 rings (SSSR count). The summed E-state index contributed by atoms with van der Waals surface area (Å²) in [5.41, 5.74) is 7.02. The number of carbonyl (C=O) groups excluding carboxylic acids is 1. The van der Waals surface area contributed by atoms with E-state index in [1.807, 2.05) is 52.0 Å². The maximum atomic E-state index is 12.4. The number of aryl methyl sites for hydroxylation is 4. The van der Waals surface area contributed by atoms with Crippen molar-refractivity contribution in [1.82, 2.24) is 4.98 Å². The second-order valence-corrected chi connectivity index (χ2v) is 8.16. The lowest BCUT2D eigenvalue weighted by Crippen LogP contribution is -2.20. The van der Waals surface area contributed by atoms with E-state index in [1.165, 1.54) is 0 Å². The number of fused-ring (bicyclic) bond motifs is 1. The second kappa shape index (κ2) is 8.44. The van der Waals surface area contributed by atoms with Crippen LogP contribution in [0.3, 0.4) is 0 Å². The third-order valence-corrected chi connectivity index (χ3v) is 5.52. The number of nitrogens with one attached hydrogen (secondary N) is 1. The maximum absolute atomic E-state index is 12.4. The van der Waals surface area contributed by atoms with Crippen LogP contribution in [0.5, 0.6) is 5.75 Å². The lowest BCUT2D eigenvalue weighted by molar-refractivity contribution is -0.118. The normalized spacial score (nSPS) is 11.0. The molecular weight excluding hydrogens is 412 g/mol. The molecule has 4 aromatic rings. The van der Waals surface area contributed by atoms with Crippen molar-refractivity contribution in [3.63, 3.8) is 0 Å². The molecule has 1 aromatic heterocycles. The number of benzene rings is 3. The Morgan fingerprint density at radius 2 is 1.68 bits per heavy atom. The predicted octanol–water partition coefficient (Wildman–Crippen LogP) is 6.40. The standard InChI is InChI=1S/C25H23ClN2O3/c1-14-7-15(2)9-18(8-14)25-28-21-12-19(5-6-22(21)31-25)27-23(29)13-30-20-10-16(3)24(26)17(4)11-20/h5-12H,13H2,1-4H3,(H,27,29). The molecule has 31 heavy (non-hydrogen) atoms. The summed E-state index contributed by atoms with van der Waals surface area (Å²) in [5, 5.41) is 3.55. The summed E-state index contributed by atoms with van der Waals surface area (Å²) in [5.74, 6) is 0.907. The third-order valence-electron chi connectivity index (χ3n) is 4.92. The van der Waals surface area contributed by atoms with Gasteiger partial charge in [-0.3, -0.25) is 4.79 Å². The molecule has 0 unspecified atom stereocenters. The first-order valence-corrected chi connectivity index (χ1v) is 10.3. The Morgan fingerprint density at radius 3 is 2.35 bits per heavy atom. The van der Waals surface area contributed by atoms with Gasteiger partial charge in [0.1, 0.15) is 11.3 Å². The molecule has 5 nitrogen and oxygen atoms in total. The van der Waals surface area contributed by atoms with Crippen LogP contribution in [0, 0.1) is 27.7 Å². The van der Waals surface area contributed by atoms with E-state index in [0.717, 1.165) is 27.8 Å². The number of aromatic nitrogens is 1. The van der Waals surface area contributed by atoms with Gasteiger partial charge in [0.2, 0.25) is 5.89 Å². The number of nitrogens with zero attached hydrogens (tertiary/aromatic N) is 1. The van der Waals surface area contributed by atoms with E-state index in [-0.39, 0.29) is 12.5 Å². The predicted molar refractivity (Wildman–Crippen MR) is 124 cm³/mol. The molecule has 0 aliphatic heterocycles. The van der Waals surface area contributed by atoms with Gasteiger partial charge in [-0.25, -0.2) is 4.98 Å². The lowest BCUT2D eigenvalue weighted by atomic mass is 10.1. The van der Waals surface area contributed by atoms with E-state index in [9.17, 15) is 4.79 Å². The van der Waals surface area contributed by atoms with Crippen LogP contribution in [0.1, 0.15) is 22.3 Å². The highest BCUT2D eigenvalue weighted by Gasteiger charge is 2.12. The molecule has 1 heterocycles. The van der Waals surface area contributed by atoms with Crippen molar-refractivity contribution in [1.29, 1.82) is 0 Å². The van der Waals surface area contributed by atoms with Crippen LogP contribution in [-0.2, 0) is 4.79 Å². The fraction of sp³-hybridized carbons (Fsp3) is 0.200. The number of amides is 1. The number of halogens is 1. The topological polar surface area (TPSA) is 64.4 Å². The van der Waals surface area contributed by atoms with Crippen LogP contribution in [-0.4, -0.2) is 17.5 Å². The molecule has 0 aliphatic rings. The zero-order chi connectivity index (χ0) is 22.1. The van der Waals surface area contributed by atoms with Crippen LogP contribution in [0.2, 0.25) is 5.02 Å². The highest BCUT2D eigenvalue weighted by atomic mass is 35.5. The zero-order valence-electron chi connectivity index (χ0n) is 17.9. The third kappa shape index (κ3) is 4.72. The van der Waals surface area contributed by atoms with Gasteiger partial charge >= 0.3 is 0 Å². The van der Waals surface area contributed by atoms with Crippen LogP contribution in [0.15, 0.2) is 52.9 Å². The first kappa shape index (κ1) is 20.9. The number of carbonyl (C=O) groups is 1. The van der Waals surface area contributed by atoms with Crippen LogP contribution >= 0.6 is 11.6 Å². The van der Waals surface area contributed by atoms with E-state index in [2.05, 4.69) is 16.4 Å². The summed E-state index contributed by atoms with van der Waals surface area (Å²) in [4.78, 5) is 16.9. The van der Waals surface area contributed by atoms with Crippen LogP contribution in [0.25, 0.3) is 22.6 Å². The van der Waals surface area contributed by atoms with E-state index in [0.29, 0.717) is 33.4 Å². The van der Waals surface area contributed by atoms with Crippen LogP contribution in [0.4, 0.5) is 5.69 Å². The van der Waals surface area contributed by atoms with E-state index in [1.54, 1.807) is 18.2 Å². The first-order chi connectivity index (χ1) is 14.8. The molecule has 6 heteroatoms. The Hall–Kier alpha value is -3.31. The number of ether oxygens (including phenoxy) is 1. The monoisotopic (exact) mass is 434 g/mol. The smallest absolute Gasteiger partial charge is 0.262 e. The fourth-order valence-corrected chi connectivity index (χ4v) is 3.67. The van der Waals surface area contributed by atoms with Crippen molar-refractivity contribution in [2.24, 2.45) is 0 Å². The van der Waals surface area contributed by atoms with Gasteiger partial charge in [0, 0.05) is 16.3 Å². The van der Waals surface area contributed by atoms with Gasteiger partial charge in [0.25, 0.3) is 5.91 Å². The number of hydrogen-bond donors (Lipinski definition) is 1. The Balaban J connectivity index is 1.46. The lowest BCUT2D eigenvalue weighted by Gasteiger charge is -2.10. The maximum Gasteiger partial charge on any atom is 0.262 e. The Bertz CT molecular complexity index is 1250. The van der Waals surface area contributed by atoms with Gasteiger partial charge < -0.3 is 14.5 Å². The molecule has 3 aromatic carbocycles. The molecule has 1 amide bonds. The summed E-state index contributed by atoms with van der Waals surface area (Å²) < 4.78 is 11.5. The van der Waals surface area contributed by atoms with Gasteiger partial charge in [0.15, 0.2) is 12.2 Å². The van der Waals surface area contributed by atoms with Crippen molar-refractivity contribution < 1.29 is 13.9 Å². The zero-order valence-corrected chi connectivity index (χ0v) is 18.6. The minimum Gasteiger partial charge on any atom is -0.484 e. The van der Waals surface area contributed by atoms with Gasteiger partial charge in [0.05, 0.1) is 0 Å². The molecule has 0 radical (unpaired) electrons. The first-order valence-electron chi connectivity index (χ1n) is 9.97. The molecule has 0 saturated heterocycles. The van der Waals surface area contributed by atoms with E-state index >= 15 is 0 Å². The fourth-order valence-electron chi connectivity index (χ4n) is 3.56. The van der Waals surface area contributed by atoms with Crippen molar-refractivity contribution >= 4 is 34.3 Å². The quantitative estimate of drug-likeness (QED) is 0.394. The molecule has 0 bridgehead atoms. The second-order valence-electron chi connectivity index (χ2n) is 7.79. The number of rotatable bonds is 5. The number of anilines is 1. The average Bonchev–Trinajstić information content (AvgIpc) is 3.13. The SMILES string of the molecule is Cc1cc(C)cc(-c2nc3cc(NC(=O)COc4cc(C)c(Cl)c(C)c4)ccc3o2)c1. The minimum absolute atomic E-state index is 0.106. The summed E-state index contributed by atoms with van der Waals surface area (Å²) in [7, 11) is 0. The largest absolute Gasteiger partial charge is 0.484 e. The molecule has 1 N–H and O–H groups in total. The highest BCUT2D eigenvalue weighted by Crippen LogP contribution is 2.28. The Morgan fingerprint density at radius 1 is 1.00 bits per heavy atom. The molecule has 0 aliphatic carbocycles. The van der Waals surface area contributed by atoms with Crippen molar-refractivity contribution in [2.45, 2.75) is 27.7 Å². The number of oxazole rings is 1. The van der Waals surface area contributed by atoms with Crippen molar-refractivity contribution in [3.05, 3.63) is 75.8 Å². The van der Waals surface area contributed by atoms with Crippen molar-refractivity contribution in [3.8, 4) is 17.2 Å². The summed E-state index contributed by atoms with van der Waals surface area (Å²) in [6, 6.07) is 15.2. The highest BCUT2D eigenvalue weighted by molar-refractivity contribution is 6.32. The molecule has 0 fully saturated rings. The molecule has 0 saturated carbocycles. The minimum atomic E-state index is -0.261.